The zero-order valence-electron chi connectivity index (χ0n) is 21.7. The number of nitrogens with zero attached hydrogens (tertiary/aromatic N) is 4. The lowest BCUT2D eigenvalue weighted by molar-refractivity contribution is -0.167. The zero-order chi connectivity index (χ0) is 26.5. The fourth-order valence-corrected chi connectivity index (χ4v) is 5.99. The minimum atomic E-state index is -0.530. The molecule has 1 aromatic carbocycles. The van der Waals surface area contributed by atoms with Gasteiger partial charge in [-0.15, -0.1) is 0 Å². The maximum atomic E-state index is 15.3. The van der Waals surface area contributed by atoms with Crippen LogP contribution in [-0.4, -0.2) is 78.4 Å². The number of ether oxygens (including phenoxy) is 2. The van der Waals surface area contributed by atoms with Crippen LogP contribution >= 0.6 is 27.5 Å². The molecule has 3 aliphatic heterocycles. The monoisotopic (exact) mass is 597 g/mol. The van der Waals surface area contributed by atoms with Crippen molar-refractivity contribution in [1.29, 1.82) is 0 Å². The number of piperidine rings is 2. The lowest BCUT2D eigenvalue weighted by atomic mass is 9.66. The van der Waals surface area contributed by atoms with Gasteiger partial charge >= 0.3 is 12.0 Å². The lowest BCUT2D eigenvalue weighted by Crippen LogP contribution is -2.69. The molecule has 0 amide bonds. The van der Waals surface area contributed by atoms with Gasteiger partial charge in [0.05, 0.1) is 9.50 Å². The van der Waals surface area contributed by atoms with Crippen LogP contribution in [0.4, 0.5) is 10.2 Å². The number of hydrogen-bond donors (Lipinski definition) is 1. The summed E-state index contributed by atoms with van der Waals surface area (Å²) in [4.78, 5) is 26.4. The molecule has 8 nitrogen and oxygen atoms in total. The first-order chi connectivity index (χ1) is 17.5. The van der Waals surface area contributed by atoms with Crippen LogP contribution in [-0.2, 0) is 9.53 Å². The summed E-state index contributed by atoms with van der Waals surface area (Å²) in [5, 5.41) is 4.09. The summed E-state index contributed by atoms with van der Waals surface area (Å²) >= 11 is 9.59. The van der Waals surface area contributed by atoms with Gasteiger partial charge in [-0.25, -0.2) is 4.39 Å². The molecular formula is C26H34BrClFN5O3. The molecule has 202 valence electrons. The molecular weight excluding hydrogens is 565 g/mol. The minimum absolute atomic E-state index is 0.0134. The fourth-order valence-electron chi connectivity index (χ4n) is 5.50. The normalized spacial score (nSPS) is 22.8. The van der Waals surface area contributed by atoms with E-state index in [9.17, 15) is 4.79 Å². The SMILES string of the molecule is CN1CCC(Oc2nc(N3CCC4(CC3)CNC4C(=O)OC(C)(C)C)c3cc(Cl)c(Br)c(F)c3n2)CC1. The quantitative estimate of drug-likeness (QED) is 0.406. The maximum absolute atomic E-state index is 15.3. The first kappa shape index (κ1) is 26.8. The van der Waals surface area contributed by atoms with Crippen molar-refractivity contribution < 1.29 is 18.7 Å². The first-order valence-corrected chi connectivity index (χ1v) is 14.0. The van der Waals surface area contributed by atoms with E-state index in [4.69, 9.17) is 26.1 Å². The number of hydrogen-bond acceptors (Lipinski definition) is 8. The van der Waals surface area contributed by atoms with Gasteiger partial charge in [-0.2, -0.15) is 9.97 Å². The van der Waals surface area contributed by atoms with Crippen LogP contribution in [0.5, 0.6) is 6.01 Å². The molecule has 3 saturated heterocycles. The van der Waals surface area contributed by atoms with Crippen LogP contribution in [0.3, 0.4) is 0 Å². The number of esters is 1. The number of rotatable bonds is 4. The largest absolute Gasteiger partial charge is 0.460 e. The summed E-state index contributed by atoms with van der Waals surface area (Å²) in [6.07, 6.45) is 3.29. The van der Waals surface area contributed by atoms with E-state index in [-0.39, 0.29) is 44.6 Å². The molecule has 1 unspecified atom stereocenters. The third kappa shape index (κ3) is 5.40. The van der Waals surface area contributed by atoms with E-state index in [1.807, 2.05) is 20.8 Å². The molecule has 11 heteroatoms. The average molecular weight is 599 g/mol. The molecule has 1 N–H and O–H groups in total. The molecule has 1 atom stereocenters. The van der Waals surface area contributed by atoms with Gasteiger partial charge in [-0.05, 0) is 75.5 Å². The maximum Gasteiger partial charge on any atom is 0.324 e. The Bertz CT molecular complexity index is 1190. The number of nitrogens with one attached hydrogen (secondary N) is 1. The highest BCUT2D eigenvalue weighted by Gasteiger charge is 2.53. The van der Waals surface area contributed by atoms with Crippen LogP contribution in [0, 0.1) is 11.2 Å². The molecule has 4 heterocycles. The summed E-state index contributed by atoms with van der Waals surface area (Å²) < 4.78 is 27.3. The molecule has 3 aliphatic rings. The third-order valence-electron chi connectivity index (χ3n) is 7.70. The number of anilines is 1. The van der Waals surface area contributed by atoms with E-state index in [2.05, 4.69) is 43.1 Å². The van der Waals surface area contributed by atoms with Crippen molar-refractivity contribution in [2.24, 2.45) is 5.41 Å². The molecule has 0 saturated carbocycles. The average Bonchev–Trinajstić information content (AvgIpc) is 2.82. The van der Waals surface area contributed by atoms with Crippen LogP contribution in [0.2, 0.25) is 5.02 Å². The van der Waals surface area contributed by atoms with Crippen molar-refractivity contribution in [2.45, 2.75) is 64.2 Å². The van der Waals surface area contributed by atoms with Gasteiger partial charge in [-0.1, -0.05) is 11.6 Å². The smallest absolute Gasteiger partial charge is 0.324 e. The highest BCUT2D eigenvalue weighted by atomic mass is 79.9. The Labute approximate surface area is 230 Å². The number of fused-ring (bicyclic) bond motifs is 1. The van der Waals surface area contributed by atoms with Gasteiger partial charge in [0.2, 0.25) is 0 Å². The second-order valence-electron chi connectivity index (χ2n) is 11.5. The second-order valence-corrected chi connectivity index (χ2v) is 12.7. The van der Waals surface area contributed by atoms with Gasteiger partial charge < -0.3 is 24.6 Å². The lowest BCUT2D eigenvalue weighted by Gasteiger charge is -2.53. The molecule has 37 heavy (non-hydrogen) atoms. The fraction of sp³-hybridized carbons (Fsp3) is 0.654. The molecule has 3 fully saturated rings. The van der Waals surface area contributed by atoms with Crippen molar-refractivity contribution in [3.05, 3.63) is 21.4 Å². The summed E-state index contributed by atoms with van der Waals surface area (Å²) in [7, 11) is 2.09. The van der Waals surface area contributed by atoms with Crippen LogP contribution < -0.4 is 15.0 Å². The highest BCUT2D eigenvalue weighted by Crippen LogP contribution is 2.44. The van der Waals surface area contributed by atoms with Gasteiger partial charge in [0.1, 0.15) is 29.1 Å². The van der Waals surface area contributed by atoms with Crippen molar-refractivity contribution in [3.63, 3.8) is 0 Å². The van der Waals surface area contributed by atoms with Crippen molar-refractivity contribution in [2.75, 3.05) is 44.7 Å². The molecule has 0 radical (unpaired) electrons. The van der Waals surface area contributed by atoms with E-state index >= 15 is 4.39 Å². The van der Waals surface area contributed by atoms with E-state index in [1.165, 1.54) is 0 Å². The second kappa shape index (κ2) is 10.1. The minimum Gasteiger partial charge on any atom is -0.460 e. The van der Waals surface area contributed by atoms with Crippen molar-refractivity contribution in [3.8, 4) is 6.01 Å². The zero-order valence-corrected chi connectivity index (χ0v) is 24.1. The predicted octanol–water partition coefficient (Wildman–Crippen LogP) is 4.56. The topological polar surface area (TPSA) is 79.8 Å². The number of halogens is 3. The van der Waals surface area contributed by atoms with E-state index < -0.39 is 11.4 Å². The molecule has 1 aromatic heterocycles. The van der Waals surface area contributed by atoms with Crippen LogP contribution in [0.1, 0.15) is 46.5 Å². The molecule has 1 spiro atoms. The van der Waals surface area contributed by atoms with Gasteiger partial charge in [0.15, 0.2) is 5.82 Å². The Morgan fingerprint density at radius 2 is 1.89 bits per heavy atom. The first-order valence-electron chi connectivity index (χ1n) is 12.9. The van der Waals surface area contributed by atoms with Crippen LogP contribution in [0.15, 0.2) is 10.5 Å². The van der Waals surface area contributed by atoms with E-state index in [0.717, 1.165) is 45.3 Å². The number of benzene rings is 1. The number of likely N-dealkylation sites (tertiary alicyclic amines) is 1. The molecule has 5 rings (SSSR count). The third-order valence-corrected chi connectivity index (χ3v) is 9.00. The molecule has 0 bridgehead atoms. The Balaban J connectivity index is 1.41. The number of aromatic nitrogens is 2. The van der Waals surface area contributed by atoms with Gasteiger partial charge in [0, 0.05) is 43.5 Å². The van der Waals surface area contributed by atoms with Crippen molar-refractivity contribution in [1.82, 2.24) is 20.2 Å². The summed E-state index contributed by atoms with van der Waals surface area (Å²) in [6, 6.07) is 1.57. The van der Waals surface area contributed by atoms with Crippen LogP contribution in [0.25, 0.3) is 10.9 Å². The van der Waals surface area contributed by atoms with Gasteiger partial charge in [-0.3, -0.25) is 4.79 Å². The Kier molecular flexibility index (Phi) is 7.32. The van der Waals surface area contributed by atoms with Crippen molar-refractivity contribution >= 4 is 50.2 Å². The number of carbonyl (C=O) groups is 1. The van der Waals surface area contributed by atoms with E-state index in [0.29, 0.717) is 24.3 Å². The predicted molar refractivity (Wildman–Crippen MR) is 145 cm³/mol. The summed E-state index contributed by atoms with van der Waals surface area (Å²) in [6.45, 7) is 9.61. The van der Waals surface area contributed by atoms with Gasteiger partial charge in [0.25, 0.3) is 0 Å². The molecule has 0 aliphatic carbocycles. The Hall–Kier alpha value is -1.75. The summed E-state index contributed by atoms with van der Waals surface area (Å²) in [5.41, 5.74) is -0.500. The van der Waals surface area contributed by atoms with E-state index in [1.54, 1.807) is 6.07 Å². The summed E-state index contributed by atoms with van der Waals surface area (Å²) in [5.74, 6) is -0.120. The molecule has 2 aromatic rings. The Morgan fingerprint density at radius 3 is 2.49 bits per heavy atom. The number of carbonyl (C=O) groups excluding carboxylic acids is 1. The standard InChI is InChI=1S/C26H34BrClFN5O3/c1-25(2,3)37-23(35)21-26(14-30-21)7-11-34(12-8-26)22-16-13-17(28)18(27)19(29)20(16)31-24(32-22)36-15-5-9-33(4)10-6-15/h13,15,21,30H,5-12,14H2,1-4H3. The Morgan fingerprint density at radius 1 is 1.22 bits per heavy atom. The highest BCUT2D eigenvalue weighted by molar-refractivity contribution is 9.10.